The van der Waals surface area contributed by atoms with Crippen molar-refractivity contribution >= 4 is 22.1 Å². The first-order valence-corrected chi connectivity index (χ1v) is 4.57. The van der Waals surface area contributed by atoms with E-state index in [9.17, 15) is 0 Å². The fraction of sp³-hybridized carbons (Fsp3) is 0.100. The van der Waals surface area contributed by atoms with Crippen molar-refractivity contribution in [2.45, 2.75) is 6.61 Å². The van der Waals surface area contributed by atoms with E-state index in [-0.39, 0.29) is 6.61 Å². The smallest absolute Gasteiger partial charge is 0.133 e. The maximum absolute atomic E-state index is 8.98. The normalized spacial score (nSPS) is 11.3. The summed E-state index contributed by atoms with van der Waals surface area (Å²) in [7, 11) is 0. The maximum atomic E-state index is 8.98. The summed E-state index contributed by atoms with van der Waals surface area (Å²) in [5.41, 5.74) is 3.15. The third-order valence-corrected chi connectivity index (χ3v) is 2.28. The van der Waals surface area contributed by atoms with Gasteiger partial charge in [-0.1, -0.05) is 0 Å². The lowest BCUT2D eigenvalue weighted by molar-refractivity contribution is 0.273. The lowest BCUT2D eigenvalue weighted by Gasteiger charge is -1.95. The monoisotopic (exact) mass is 200 g/mol. The van der Waals surface area contributed by atoms with Crippen molar-refractivity contribution in [2.75, 3.05) is 0 Å². The van der Waals surface area contributed by atoms with Gasteiger partial charge in [-0.3, -0.25) is 9.97 Å². The molecule has 0 bridgehead atoms. The number of hydrogen-bond acceptors (Lipinski definition) is 4. The van der Waals surface area contributed by atoms with Crippen LogP contribution >= 0.6 is 0 Å². The van der Waals surface area contributed by atoms with Gasteiger partial charge in [0, 0.05) is 6.20 Å². The van der Waals surface area contributed by atoms with Crippen LogP contribution in [0.15, 0.2) is 24.5 Å². The van der Waals surface area contributed by atoms with Crippen molar-refractivity contribution in [3.8, 4) is 0 Å². The van der Waals surface area contributed by atoms with Gasteiger partial charge in [-0.05, 0) is 12.1 Å². The van der Waals surface area contributed by atoms with Crippen molar-refractivity contribution in [2.24, 2.45) is 0 Å². The zero-order valence-electron chi connectivity index (χ0n) is 7.81. The molecular weight excluding hydrogens is 192 g/mol. The molecule has 0 saturated carbocycles. The minimum Gasteiger partial charge on any atom is -0.388 e. The summed E-state index contributed by atoms with van der Waals surface area (Å²) >= 11 is 0. The van der Waals surface area contributed by atoms with Crippen molar-refractivity contribution in [3.05, 3.63) is 30.4 Å². The maximum Gasteiger partial charge on any atom is 0.133 e. The number of nitrogens with zero attached hydrogens (tertiary/aromatic N) is 3. The average molecular weight is 200 g/mol. The van der Waals surface area contributed by atoms with E-state index in [1.54, 1.807) is 12.4 Å². The number of imidazole rings is 1. The number of fused-ring (bicyclic) bond motifs is 3. The number of nitrogens with one attached hydrogen (secondary N) is 1. The fourth-order valence-electron chi connectivity index (χ4n) is 1.61. The van der Waals surface area contributed by atoms with Gasteiger partial charge in [-0.15, -0.1) is 0 Å². The summed E-state index contributed by atoms with van der Waals surface area (Å²) in [6.07, 6.45) is 3.39. The molecule has 15 heavy (non-hydrogen) atoms. The van der Waals surface area contributed by atoms with E-state index in [1.807, 2.05) is 12.1 Å². The summed E-state index contributed by atoms with van der Waals surface area (Å²) in [6.45, 7) is -0.108. The second-order valence-electron chi connectivity index (χ2n) is 3.23. The molecule has 0 unspecified atom stereocenters. The number of aromatic nitrogens is 4. The Hall–Kier alpha value is -2.01. The molecule has 0 aliphatic rings. The second kappa shape index (κ2) is 2.99. The van der Waals surface area contributed by atoms with Gasteiger partial charge in [0.2, 0.25) is 0 Å². The molecule has 0 saturated heterocycles. The second-order valence-corrected chi connectivity index (χ2v) is 3.23. The first kappa shape index (κ1) is 8.31. The molecular formula is C10H8N4O. The topological polar surface area (TPSA) is 74.7 Å². The Morgan fingerprint density at radius 2 is 2.20 bits per heavy atom. The quantitative estimate of drug-likeness (QED) is 0.614. The van der Waals surface area contributed by atoms with Crippen LogP contribution in [0.3, 0.4) is 0 Å². The van der Waals surface area contributed by atoms with Crippen LogP contribution in [0.1, 0.15) is 5.82 Å². The predicted molar refractivity (Wildman–Crippen MR) is 55.1 cm³/mol. The number of H-pyrrole nitrogens is 1. The van der Waals surface area contributed by atoms with Crippen molar-refractivity contribution < 1.29 is 5.11 Å². The number of aliphatic hydroxyl groups is 1. The molecule has 3 aromatic heterocycles. The molecule has 5 heteroatoms. The van der Waals surface area contributed by atoms with Gasteiger partial charge >= 0.3 is 0 Å². The minimum atomic E-state index is -0.108. The van der Waals surface area contributed by atoms with Crippen molar-refractivity contribution in [1.29, 1.82) is 0 Å². The Bertz CT molecular complexity index is 631. The number of aromatic amines is 1. The zero-order chi connectivity index (χ0) is 10.3. The molecule has 74 valence electrons. The molecule has 3 aromatic rings. The molecule has 0 aliphatic heterocycles. The van der Waals surface area contributed by atoms with Crippen LogP contribution in [0, 0.1) is 0 Å². The van der Waals surface area contributed by atoms with Crippen molar-refractivity contribution in [3.63, 3.8) is 0 Å². The van der Waals surface area contributed by atoms with Crippen LogP contribution in [0.2, 0.25) is 0 Å². The minimum absolute atomic E-state index is 0.108. The molecule has 0 radical (unpaired) electrons. The van der Waals surface area contributed by atoms with Gasteiger partial charge in [0.15, 0.2) is 0 Å². The Morgan fingerprint density at radius 3 is 3.07 bits per heavy atom. The van der Waals surface area contributed by atoms with E-state index < -0.39 is 0 Å². The van der Waals surface area contributed by atoms with Gasteiger partial charge in [-0.25, -0.2) is 4.98 Å². The molecule has 0 atom stereocenters. The van der Waals surface area contributed by atoms with E-state index in [4.69, 9.17) is 5.11 Å². The molecule has 3 rings (SSSR count). The predicted octanol–water partition coefficient (Wildman–Crippen LogP) is 0.998. The van der Waals surface area contributed by atoms with E-state index in [0.29, 0.717) is 5.82 Å². The highest BCUT2D eigenvalue weighted by Gasteiger charge is 2.06. The van der Waals surface area contributed by atoms with Crippen LogP contribution in [0.5, 0.6) is 0 Å². The summed E-state index contributed by atoms with van der Waals surface area (Å²) in [6, 6.07) is 3.73. The molecule has 0 fully saturated rings. The highest BCUT2D eigenvalue weighted by molar-refractivity contribution is 5.98. The average Bonchev–Trinajstić information content (AvgIpc) is 2.72. The third kappa shape index (κ3) is 1.17. The molecule has 5 nitrogen and oxygen atoms in total. The highest BCUT2D eigenvalue weighted by Crippen LogP contribution is 2.18. The lowest BCUT2D eigenvalue weighted by atomic mass is 10.3. The first-order valence-electron chi connectivity index (χ1n) is 4.57. The Morgan fingerprint density at radius 1 is 1.27 bits per heavy atom. The molecule has 0 aromatic carbocycles. The third-order valence-electron chi connectivity index (χ3n) is 2.28. The van der Waals surface area contributed by atoms with Crippen LogP contribution in [-0.4, -0.2) is 25.0 Å². The fourth-order valence-corrected chi connectivity index (χ4v) is 1.61. The van der Waals surface area contributed by atoms with Gasteiger partial charge < -0.3 is 10.1 Å². The summed E-state index contributed by atoms with van der Waals surface area (Å²) < 4.78 is 0. The first-order chi connectivity index (χ1) is 7.38. The number of pyridine rings is 2. The molecule has 0 spiro atoms. The molecule has 0 amide bonds. The number of rotatable bonds is 1. The SMILES string of the molecule is OCc1nc2cnc3cccnc3c2[nH]1. The van der Waals surface area contributed by atoms with Crippen molar-refractivity contribution in [1.82, 2.24) is 19.9 Å². The van der Waals surface area contributed by atoms with E-state index in [1.165, 1.54) is 0 Å². The van der Waals surface area contributed by atoms with Crippen LogP contribution < -0.4 is 0 Å². The zero-order valence-corrected chi connectivity index (χ0v) is 7.81. The summed E-state index contributed by atoms with van der Waals surface area (Å²) in [5, 5.41) is 8.98. The van der Waals surface area contributed by atoms with Crippen LogP contribution in [0.25, 0.3) is 22.1 Å². The lowest BCUT2D eigenvalue weighted by Crippen LogP contribution is -1.84. The van der Waals surface area contributed by atoms with Gasteiger partial charge in [0.25, 0.3) is 0 Å². The largest absolute Gasteiger partial charge is 0.388 e. The molecule has 2 N–H and O–H groups in total. The summed E-state index contributed by atoms with van der Waals surface area (Å²) in [4.78, 5) is 15.7. The van der Waals surface area contributed by atoms with Gasteiger partial charge in [0.1, 0.15) is 23.5 Å². The Balaban J connectivity index is 2.47. The van der Waals surface area contributed by atoms with Gasteiger partial charge in [0.05, 0.1) is 17.2 Å². The standard InChI is InChI=1S/C10H8N4O/c15-5-8-13-7-4-12-6-2-1-3-11-9(6)10(7)14-8/h1-4,15H,5H2,(H,13,14). The molecule has 3 heterocycles. The van der Waals surface area contributed by atoms with Crippen LogP contribution in [0.4, 0.5) is 0 Å². The van der Waals surface area contributed by atoms with Crippen LogP contribution in [-0.2, 0) is 6.61 Å². The molecule has 0 aliphatic carbocycles. The number of hydrogen-bond donors (Lipinski definition) is 2. The van der Waals surface area contributed by atoms with Gasteiger partial charge in [-0.2, -0.15) is 0 Å². The van der Waals surface area contributed by atoms with E-state index in [2.05, 4.69) is 19.9 Å². The van der Waals surface area contributed by atoms with E-state index in [0.717, 1.165) is 22.1 Å². The number of aliphatic hydroxyl groups excluding tert-OH is 1. The summed E-state index contributed by atoms with van der Waals surface area (Å²) in [5.74, 6) is 0.532. The Labute approximate surface area is 84.8 Å². The Kier molecular flexibility index (Phi) is 1.66. The van der Waals surface area contributed by atoms with E-state index >= 15 is 0 Å². The highest BCUT2D eigenvalue weighted by atomic mass is 16.3.